The Hall–Kier alpha value is -2.63. The van der Waals surface area contributed by atoms with Crippen molar-refractivity contribution in [2.75, 3.05) is 42.9 Å². The van der Waals surface area contributed by atoms with Crippen molar-refractivity contribution in [3.05, 3.63) is 47.2 Å². The van der Waals surface area contributed by atoms with Crippen LogP contribution in [0.3, 0.4) is 0 Å². The third-order valence-corrected chi connectivity index (χ3v) is 5.40. The second kappa shape index (κ2) is 9.04. The second-order valence-corrected chi connectivity index (χ2v) is 7.91. The number of aryl methyl sites for hydroxylation is 1. The van der Waals surface area contributed by atoms with Gasteiger partial charge in [-0.3, -0.25) is 4.79 Å². The molecule has 1 saturated heterocycles. The van der Waals surface area contributed by atoms with Crippen molar-refractivity contribution < 1.29 is 4.79 Å². The highest BCUT2D eigenvalue weighted by atomic mass is 16.2. The molecule has 28 heavy (non-hydrogen) atoms. The average molecular weight is 382 g/mol. The first-order valence-electron chi connectivity index (χ1n) is 10.1. The van der Waals surface area contributed by atoms with Gasteiger partial charge in [-0.15, -0.1) is 10.2 Å². The molecule has 1 N–H and O–H groups in total. The zero-order valence-corrected chi connectivity index (χ0v) is 17.4. The molecule has 0 bridgehead atoms. The molecular formula is C22H31N5O. The maximum Gasteiger partial charge on any atom is 0.274 e. The molecule has 1 fully saturated rings. The molecule has 0 radical (unpaired) electrons. The Bertz CT molecular complexity index is 795. The normalized spacial score (nSPS) is 14.5. The van der Waals surface area contributed by atoms with Crippen LogP contribution in [0.15, 0.2) is 30.3 Å². The molecule has 0 saturated carbocycles. The van der Waals surface area contributed by atoms with Crippen LogP contribution in [0.4, 0.5) is 11.5 Å². The minimum Gasteiger partial charge on any atom is -0.369 e. The zero-order chi connectivity index (χ0) is 20.1. The molecule has 0 spiro atoms. The first-order chi connectivity index (χ1) is 13.5. The highest BCUT2D eigenvalue weighted by Gasteiger charge is 2.24. The van der Waals surface area contributed by atoms with Crippen molar-refractivity contribution in [1.29, 1.82) is 0 Å². The van der Waals surface area contributed by atoms with Gasteiger partial charge in [0, 0.05) is 38.4 Å². The van der Waals surface area contributed by atoms with E-state index in [9.17, 15) is 4.79 Å². The SMILES string of the molecule is Cc1cccc(N2CCN(C(=O)c3ccc(NCCC(C)C)nn3)CC2)c1C. The lowest BCUT2D eigenvalue weighted by Gasteiger charge is -2.36. The molecule has 1 aromatic carbocycles. The first-order valence-corrected chi connectivity index (χ1v) is 10.1. The van der Waals surface area contributed by atoms with Crippen molar-refractivity contribution in [1.82, 2.24) is 15.1 Å². The van der Waals surface area contributed by atoms with Crippen LogP contribution >= 0.6 is 0 Å². The summed E-state index contributed by atoms with van der Waals surface area (Å²) < 4.78 is 0. The number of carbonyl (C=O) groups is 1. The van der Waals surface area contributed by atoms with E-state index >= 15 is 0 Å². The summed E-state index contributed by atoms with van der Waals surface area (Å²) in [5, 5.41) is 11.5. The summed E-state index contributed by atoms with van der Waals surface area (Å²) in [5.41, 5.74) is 4.29. The Balaban J connectivity index is 1.55. The number of amides is 1. The molecule has 3 rings (SSSR count). The number of piperazine rings is 1. The highest BCUT2D eigenvalue weighted by Crippen LogP contribution is 2.24. The van der Waals surface area contributed by atoms with Crippen LogP contribution in [0, 0.1) is 19.8 Å². The molecule has 0 atom stereocenters. The summed E-state index contributed by atoms with van der Waals surface area (Å²) in [7, 11) is 0. The van der Waals surface area contributed by atoms with Crippen molar-refractivity contribution in [2.24, 2.45) is 5.92 Å². The topological polar surface area (TPSA) is 61.4 Å². The van der Waals surface area contributed by atoms with Crippen LogP contribution in [0.2, 0.25) is 0 Å². The molecule has 1 aromatic heterocycles. The predicted molar refractivity (Wildman–Crippen MR) is 114 cm³/mol. The molecule has 2 heterocycles. The molecule has 0 unspecified atom stereocenters. The Morgan fingerprint density at radius 2 is 1.82 bits per heavy atom. The summed E-state index contributed by atoms with van der Waals surface area (Å²) in [4.78, 5) is 17.0. The highest BCUT2D eigenvalue weighted by molar-refractivity contribution is 5.92. The van der Waals surface area contributed by atoms with Gasteiger partial charge in [-0.2, -0.15) is 0 Å². The summed E-state index contributed by atoms with van der Waals surface area (Å²) >= 11 is 0. The van der Waals surface area contributed by atoms with Gasteiger partial charge >= 0.3 is 0 Å². The molecule has 150 valence electrons. The standard InChI is InChI=1S/C22H31N5O/c1-16(2)10-11-23-21-9-8-19(24-25-21)22(28)27-14-12-26(13-15-27)20-7-5-6-17(3)18(20)4/h5-9,16H,10-15H2,1-4H3,(H,23,25). The Morgan fingerprint density at radius 1 is 1.07 bits per heavy atom. The number of nitrogens with one attached hydrogen (secondary N) is 1. The Kier molecular flexibility index (Phi) is 6.49. The van der Waals surface area contributed by atoms with Crippen LogP contribution < -0.4 is 10.2 Å². The summed E-state index contributed by atoms with van der Waals surface area (Å²) in [6.07, 6.45) is 1.08. The van der Waals surface area contributed by atoms with E-state index in [0.29, 0.717) is 24.7 Å². The largest absolute Gasteiger partial charge is 0.369 e. The van der Waals surface area contributed by atoms with Crippen molar-refractivity contribution in [2.45, 2.75) is 34.1 Å². The summed E-state index contributed by atoms with van der Waals surface area (Å²) in [5.74, 6) is 1.32. The molecule has 6 nitrogen and oxygen atoms in total. The van der Waals surface area contributed by atoms with Gasteiger partial charge in [-0.1, -0.05) is 26.0 Å². The number of anilines is 2. The van der Waals surface area contributed by atoms with E-state index in [2.05, 4.69) is 66.3 Å². The molecular weight excluding hydrogens is 350 g/mol. The molecule has 0 aliphatic carbocycles. The van der Waals surface area contributed by atoms with Crippen LogP contribution in [0.5, 0.6) is 0 Å². The number of nitrogens with zero attached hydrogens (tertiary/aromatic N) is 4. The van der Waals surface area contributed by atoms with E-state index in [-0.39, 0.29) is 5.91 Å². The number of benzene rings is 1. The molecule has 6 heteroatoms. The van der Waals surface area contributed by atoms with E-state index in [1.54, 1.807) is 6.07 Å². The number of carbonyl (C=O) groups excluding carboxylic acids is 1. The van der Waals surface area contributed by atoms with E-state index < -0.39 is 0 Å². The summed E-state index contributed by atoms with van der Waals surface area (Å²) in [6, 6.07) is 10.0. The van der Waals surface area contributed by atoms with Gasteiger partial charge in [0.15, 0.2) is 5.69 Å². The lowest BCUT2D eigenvalue weighted by Crippen LogP contribution is -2.49. The number of hydrogen-bond donors (Lipinski definition) is 1. The fourth-order valence-electron chi connectivity index (χ4n) is 3.42. The smallest absolute Gasteiger partial charge is 0.274 e. The lowest BCUT2D eigenvalue weighted by atomic mass is 10.1. The van der Waals surface area contributed by atoms with E-state index in [1.165, 1.54) is 16.8 Å². The van der Waals surface area contributed by atoms with E-state index in [0.717, 1.165) is 31.9 Å². The van der Waals surface area contributed by atoms with Crippen LogP contribution in [0.1, 0.15) is 41.9 Å². The molecule has 1 aliphatic heterocycles. The third kappa shape index (κ3) is 4.80. The van der Waals surface area contributed by atoms with Crippen LogP contribution in [-0.2, 0) is 0 Å². The molecule has 1 amide bonds. The fraction of sp³-hybridized carbons (Fsp3) is 0.500. The van der Waals surface area contributed by atoms with Gasteiger partial charge in [0.05, 0.1) is 0 Å². The van der Waals surface area contributed by atoms with Crippen molar-refractivity contribution in [3.8, 4) is 0 Å². The molecule has 1 aliphatic rings. The van der Waals surface area contributed by atoms with Gasteiger partial charge in [0.2, 0.25) is 0 Å². The third-order valence-electron chi connectivity index (χ3n) is 5.40. The maximum absolute atomic E-state index is 12.8. The second-order valence-electron chi connectivity index (χ2n) is 7.91. The quantitative estimate of drug-likeness (QED) is 0.830. The number of aromatic nitrogens is 2. The van der Waals surface area contributed by atoms with Gasteiger partial charge in [-0.05, 0) is 55.5 Å². The van der Waals surface area contributed by atoms with E-state index in [1.807, 2.05) is 11.0 Å². The monoisotopic (exact) mass is 381 g/mol. The predicted octanol–water partition coefficient (Wildman–Crippen LogP) is 3.51. The van der Waals surface area contributed by atoms with Crippen molar-refractivity contribution in [3.63, 3.8) is 0 Å². The van der Waals surface area contributed by atoms with Gasteiger partial charge in [0.1, 0.15) is 5.82 Å². The average Bonchev–Trinajstić information content (AvgIpc) is 2.70. The van der Waals surface area contributed by atoms with Crippen LogP contribution in [0.25, 0.3) is 0 Å². The van der Waals surface area contributed by atoms with E-state index in [4.69, 9.17) is 0 Å². The van der Waals surface area contributed by atoms with Gasteiger partial charge < -0.3 is 15.1 Å². The Labute approximate surface area is 168 Å². The minimum atomic E-state index is -0.0400. The minimum absolute atomic E-state index is 0.0400. The number of rotatable bonds is 6. The maximum atomic E-state index is 12.8. The summed E-state index contributed by atoms with van der Waals surface area (Å²) in [6.45, 7) is 12.6. The molecule has 2 aromatic rings. The fourth-order valence-corrected chi connectivity index (χ4v) is 3.42. The zero-order valence-electron chi connectivity index (χ0n) is 17.4. The van der Waals surface area contributed by atoms with Crippen LogP contribution in [-0.4, -0.2) is 53.7 Å². The van der Waals surface area contributed by atoms with Gasteiger partial charge in [-0.25, -0.2) is 0 Å². The Morgan fingerprint density at radius 3 is 2.46 bits per heavy atom. The number of hydrogen-bond acceptors (Lipinski definition) is 5. The lowest BCUT2D eigenvalue weighted by molar-refractivity contribution is 0.0739. The van der Waals surface area contributed by atoms with Crippen molar-refractivity contribution >= 4 is 17.4 Å². The first kappa shape index (κ1) is 20.1. The van der Waals surface area contributed by atoms with Gasteiger partial charge in [0.25, 0.3) is 5.91 Å².